The van der Waals surface area contributed by atoms with Crippen molar-refractivity contribution in [3.63, 3.8) is 0 Å². The number of amides is 1. The zero-order chi connectivity index (χ0) is 37.6. The van der Waals surface area contributed by atoms with Gasteiger partial charge in [0.25, 0.3) is 5.91 Å². The monoisotopic (exact) mass is 722 g/mol. The van der Waals surface area contributed by atoms with Crippen molar-refractivity contribution in [2.75, 3.05) is 26.2 Å². The fourth-order valence-electron chi connectivity index (χ4n) is 5.29. The molecular weight excluding hydrogens is 684 g/mol. The molecule has 1 unspecified atom stereocenters. The van der Waals surface area contributed by atoms with Crippen LogP contribution in [0.4, 0.5) is 5.69 Å². The molecule has 1 atom stereocenters. The lowest BCUT2D eigenvalue weighted by Gasteiger charge is -2.40. The van der Waals surface area contributed by atoms with E-state index in [0.29, 0.717) is 30.0 Å². The molecular formula is C34H38N6O10S. The number of isothiocyanates is 1. The van der Waals surface area contributed by atoms with Crippen LogP contribution in [0, 0.1) is 0 Å². The van der Waals surface area contributed by atoms with Crippen LogP contribution in [0.15, 0.2) is 59.6 Å². The Morgan fingerprint density at radius 2 is 1.53 bits per heavy atom. The normalized spacial score (nSPS) is 12.1. The number of unbranched alkanes of at least 4 members (excludes halogenated alkanes) is 1. The number of carbonyl (C=O) groups is 5. The molecule has 0 saturated carbocycles. The summed E-state index contributed by atoms with van der Waals surface area (Å²) in [6, 6.07) is 14.0. The van der Waals surface area contributed by atoms with E-state index in [-0.39, 0.29) is 48.8 Å². The Morgan fingerprint density at radius 1 is 0.863 bits per heavy atom. The first-order chi connectivity index (χ1) is 24.3. The van der Waals surface area contributed by atoms with E-state index in [0.717, 1.165) is 4.90 Å². The summed E-state index contributed by atoms with van der Waals surface area (Å²) in [7, 11) is 0. The summed E-state index contributed by atoms with van der Waals surface area (Å²) in [5.41, 5.74) is -1.000. The number of nitrogens with one attached hydrogen (secondary N) is 1. The number of aromatic nitrogens is 2. The van der Waals surface area contributed by atoms with E-state index in [9.17, 15) is 44.4 Å². The molecule has 0 aliphatic rings. The van der Waals surface area contributed by atoms with E-state index < -0.39 is 55.1 Å². The second-order valence-electron chi connectivity index (χ2n) is 11.3. The first-order valence-electron chi connectivity index (χ1n) is 15.8. The van der Waals surface area contributed by atoms with Crippen molar-refractivity contribution in [2.45, 2.75) is 51.9 Å². The van der Waals surface area contributed by atoms with Crippen LogP contribution in [0.3, 0.4) is 0 Å². The van der Waals surface area contributed by atoms with Gasteiger partial charge in [0.2, 0.25) is 0 Å². The van der Waals surface area contributed by atoms with Crippen molar-refractivity contribution in [2.24, 2.45) is 4.99 Å². The number of hydrogen-bond acceptors (Lipinski definition) is 12. The van der Waals surface area contributed by atoms with Gasteiger partial charge in [-0.25, -0.2) is 14.8 Å². The van der Waals surface area contributed by atoms with E-state index in [4.69, 9.17) is 17.0 Å². The van der Waals surface area contributed by atoms with Crippen LogP contribution in [0.2, 0.25) is 0 Å². The summed E-state index contributed by atoms with van der Waals surface area (Å²) >= 11 is 4.70. The summed E-state index contributed by atoms with van der Waals surface area (Å²) < 4.78 is 5.76. The number of thiocarbonyl (C=S) groups is 1. The molecule has 270 valence electrons. The summed E-state index contributed by atoms with van der Waals surface area (Å²) in [4.78, 5) is 77.2. The number of rotatable bonds is 21. The molecule has 5 N–H and O–H groups in total. The molecule has 17 heteroatoms. The number of aliphatic imine (C=N–C) groups is 1. The SMILES string of the molecule is CCCCC(NC(=O)c1ccccc1N=C=S)(C(=O)O)N(CC(=O)O)Cc1cc(OCC)cc(-c2cccc(CN(CC(=O)O)CC(=O)O)n2)n1. The number of carboxylic acids is 4. The zero-order valence-corrected chi connectivity index (χ0v) is 28.8. The van der Waals surface area contributed by atoms with Gasteiger partial charge in [0.05, 0.1) is 65.4 Å². The van der Waals surface area contributed by atoms with Gasteiger partial charge in [0.1, 0.15) is 5.75 Å². The predicted octanol–water partition coefficient (Wildman–Crippen LogP) is 3.54. The number of hydrogen-bond donors (Lipinski definition) is 5. The van der Waals surface area contributed by atoms with Crippen LogP contribution >= 0.6 is 12.2 Å². The predicted molar refractivity (Wildman–Crippen MR) is 186 cm³/mol. The van der Waals surface area contributed by atoms with E-state index in [2.05, 4.69) is 25.4 Å². The van der Waals surface area contributed by atoms with Gasteiger partial charge in [-0.2, -0.15) is 4.99 Å². The summed E-state index contributed by atoms with van der Waals surface area (Å²) in [6.07, 6.45) is 0.664. The van der Waals surface area contributed by atoms with Gasteiger partial charge < -0.3 is 30.5 Å². The lowest BCUT2D eigenvalue weighted by molar-refractivity contribution is -0.158. The van der Waals surface area contributed by atoms with Crippen LogP contribution in [-0.2, 0) is 32.3 Å². The van der Waals surface area contributed by atoms with E-state index in [1.54, 1.807) is 43.3 Å². The highest BCUT2D eigenvalue weighted by atomic mass is 32.1. The molecule has 2 heterocycles. The number of pyridine rings is 2. The second kappa shape index (κ2) is 19.0. The Balaban J connectivity index is 2.12. The molecule has 1 amide bonds. The third-order valence-corrected chi connectivity index (χ3v) is 7.53. The van der Waals surface area contributed by atoms with Crippen LogP contribution in [0.25, 0.3) is 11.4 Å². The average molecular weight is 723 g/mol. The first-order valence-corrected chi connectivity index (χ1v) is 16.2. The molecule has 0 fully saturated rings. The smallest absolute Gasteiger partial charge is 0.344 e. The van der Waals surface area contributed by atoms with Gasteiger partial charge in [-0.05, 0) is 56.2 Å². The highest BCUT2D eigenvalue weighted by Crippen LogP contribution is 2.28. The first kappa shape index (κ1) is 39.8. The van der Waals surface area contributed by atoms with Crippen LogP contribution in [-0.4, -0.2) is 107 Å². The Labute approximate surface area is 298 Å². The molecule has 3 rings (SSSR count). The Morgan fingerprint density at radius 3 is 2.14 bits per heavy atom. The highest BCUT2D eigenvalue weighted by Gasteiger charge is 2.46. The molecule has 0 radical (unpaired) electrons. The van der Waals surface area contributed by atoms with Crippen LogP contribution < -0.4 is 10.1 Å². The molecule has 2 aromatic heterocycles. The number of nitrogens with zero attached hydrogens (tertiary/aromatic N) is 5. The van der Waals surface area contributed by atoms with Crippen molar-refractivity contribution in [3.8, 4) is 17.1 Å². The Kier molecular flexibility index (Phi) is 14.8. The van der Waals surface area contributed by atoms with Gasteiger partial charge in [-0.1, -0.05) is 31.5 Å². The van der Waals surface area contributed by atoms with Gasteiger partial charge in [0.15, 0.2) is 5.66 Å². The summed E-state index contributed by atoms with van der Waals surface area (Å²) in [5.74, 6) is -5.80. The maximum absolute atomic E-state index is 13.7. The molecule has 0 aliphatic heterocycles. The van der Waals surface area contributed by atoms with Crippen molar-refractivity contribution < 1.29 is 49.1 Å². The summed E-state index contributed by atoms with van der Waals surface area (Å²) in [5, 5.41) is 43.9. The minimum absolute atomic E-state index is 0.00207. The van der Waals surface area contributed by atoms with Crippen LogP contribution in [0.5, 0.6) is 5.75 Å². The zero-order valence-electron chi connectivity index (χ0n) is 27.9. The number of carboxylic acid groups (broad SMARTS) is 4. The molecule has 0 aliphatic carbocycles. The number of ether oxygens (including phenoxy) is 1. The Bertz CT molecular complexity index is 1780. The molecule has 16 nitrogen and oxygen atoms in total. The second-order valence-corrected chi connectivity index (χ2v) is 11.4. The van der Waals surface area contributed by atoms with E-state index in [1.165, 1.54) is 23.1 Å². The standard InChI is InChI=1S/C34H38N6O10S/c1-3-5-13-34(33(48)49,38-32(47)25-10-6-7-11-26(25)35-21-51)40(20-31(45)46)17-23-14-24(50-4-2)15-28(37-23)27-12-8-9-22(36-27)16-39(18-29(41)42)19-30(43)44/h6-12,14-15H,3-5,13,16-20H2,1-2H3,(H,38,47)(H,41,42)(H,43,44)(H,45,46)(H,48,49). The average Bonchev–Trinajstić information content (AvgIpc) is 3.06. The van der Waals surface area contributed by atoms with E-state index in [1.807, 2.05) is 6.92 Å². The quantitative estimate of drug-likeness (QED) is 0.0601. The highest BCUT2D eigenvalue weighted by molar-refractivity contribution is 7.78. The van der Waals surface area contributed by atoms with Crippen molar-refractivity contribution in [1.82, 2.24) is 25.1 Å². The van der Waals surface area contributed by atoms with Crippen molar-refractivity contribution in [1.29, 1.82) is 0 Å². The van der Waals surface area contributed by atoms with Gasteiger partial charge >= 0.3 is 23.9 Å². The molecule has 1 aromatic carbocycles. The van der Waals surface area contributed by atoms with Crippen molar-refractivity contribution >= 4 is 52.9 Å². The number of carbonyl (C=O) groups excluding carboxylic acids is 1. The third kappa shape index (κ3) is 11.5. The minimum Gasteiger partial charge on any atom is -0.494 e. The molecule has 0 spiro atoms. The van der Waals surface area contributed by atoms with Gasteiger partial charge in [-0.3, -0.25) is 29.0 Å². The third-order valence-electron chi connectivity index (χ3n) is 7.44. The van der Waals surface area contributed by atoms with Gasteiger partial charge in [0, 0.05) is 25.2 Å². The molecule has 0 saturated heterocycles. The molecule has 3 aromatic rings. The lowest BCUT2D eigenvalue weighted by atomic mass is 9.98. The lowest BCUT2D eigenvalue weighted by Crippen LogP contribution is -2.66. The minimum atomic E-state index is -2.22. The van der Waals surface area contributed by atoms with Crippen LogP contribution in [0.1, 0.15) is 54.9 Å². The number of benzene rings is 1. The summed E-state index contributed by atoms with van der Waals surface area (Å²) in [6.45, 7) is 1.45. The largest absolute Gasteiger partial charge is 0.494 e. The van der Waals surface area contributed by atoms with Gasteiger partial charge in [-0.15, -0.1) is 0 Å². The number of para-hydroxylation sites is 1. The molecule has 51 heavy (non-hydrogen) atoms. The topological polar surface area (TPSA) is 232 Å². The van der Waals surface area contributed by atoms with Crippen molar-refractivity contribution in [3.05, 3.63) is 71.5 Å². The fraction of sp³-hybridized carbons (Fsp3) is 0.353. The number of aliphatic carboxylic acids is 4. The Hall–Kier alpha value is -5.61. The maximum Gasteiger partial charge on any atom is 0.344 e. The fourth-order valence-corrected chi connectivity index (χ4v) is 5.39. The van der Waals surface area contributed by atoms with E-state index >= 15 is 0 Å². The maximum atomic E-state index is 13.7. The molecule has 0 bridgehead atoms.